The highest BCUT2D eigenvalue weighted by atomic mass is 35.5. The van der Waals surface area contributed by atoms with Gasteiger partial charge in [0.2, 0.25) is 0 Å². The largest absolute Gasteiger partial charge is 0.396 e. The molecule has 0 saturated carbocycles. The van der Waals surface area contributed by atoms with Gasteiger partial charge in [0.1, 0.15) is 5.82 Å². The van der Waals surface area contributed by atoms with Gasteiger partial charge in [-0.2, -0.15) is 11.8 Å². The number of halogens is 2. The smallest absolute Gasteiger partial charge is 0.141 e. The molecule has 0 aliphatic carbocycles. The van der Waals surface area contributed by atoms with Crippen molar-refractivity contribution in [3.63, 3.8) is 0 Å². The van der Waals surface area contributed by atoms with Crippen LogP contribution >= 0.6 is 23.4 Å². The first-order chi connectivity index (χ1) is 7.13. The quantitative estimate of drug-likeness (QED) is 0.861. The molecule has 0 amide bonds. The van der Waals surface area contributed by atoms with E-state index >= 15 is 0 Å². The maximum absolute atomic E-state index is 12.8. The Balaban J connectivity index is 2.47. The summed E-state index contributed by atoms with van der Waals surface area (Å²) in [7, 11) is 0. The molecule has 0 saturated heterocycles. The fourth-order valence-corrected chi connectivity index (χ4v) is 2.26. The second-order valence-corrected chi connectivity index (χ2v) is 5.22. The lowest BCUT2D eigenvalue weighted by Gasteiger charge is -2.09. The molecule has 0 aliphatic heterocycles. The van der Waals surface area contributed by atoms with Crippen LogP contribution in [0.25, 0.3) is 0 Å². The van der Waals surface area contributed by atoms with Crippen molar-refractivity contribution in [2.75, 3.05) is 6.61 Å². The Morgan fingerprint density at radius 3 is 2.87 bits per heavy atom. The van der Waals surface area contributed by atoms with Crippen molar-refractivity contribution in [1.29, 1.82) is 0 Å². The van der Waals surface area contributed by atoms with Crippen molar-refractivity contribution in [1.82, 2.24) is 0 Å². The first-order valence-corrected chi connectivity index (χ1v) is 6.22. The standard InChI is InChI=1S/C11H14ClFOS/c1-8(4-5-14)15-7-9-2-3-11(13)10(12)6-9/h2-3,6,8,14H,4-5,7H2,1H3. The van der Waals surface area contributed by atoms with Crippen LogP contribution in [-0.4, -0.2) is 17.0 Å². The second-order valence-electron chi connectivity index (χ2n) is 3.38. The number of aliphatic hydroxyl groups is 1. The Hall–Kier alpha value is -0.250. The third kappa shape index (κ3) is 4.41. The predicted molar refractivity (Wildman–Crippen MR) is 63.9 cm³/mol. The fourth-order valence-electron chi connectivity index (χ4n) is 1.13. The van der Waals surface area contributed by atoms with Gasteiger partial charge in [0, 0.05) is 17.6 Å². The molecule has 0 spiro atoms. The molecule has 84 valence electrons. The van der Waals surface area contributed by atoms with Crippen LogP contribution in [0.4, 0.5) is 4.39 Å². The zero-order chi connectivity index (χ0) is 11.3. The average Bonchev–Trinajstić information content (AvgIpc) is 2.20. The summed E-state index contributed by atoms with van der Waals surface area (Å²) in [4.78, 5) is 0. The lowest BCUT2D eigenvalue weighted by molar-refractivity contribution is 0.289. The summed E-state index contributed by atoms with van der Waals surface area (Å²) >= 11 is 7.39. The van der Waals surface area contributed by atoms with Crippen molar-refractivity contribution in [3.05, 3.63) is 34.6 Å². The molecule has 0 heterocycles. The lowest BCUT2D eigenvalue weighted by Crippen LogP contribution is -1.99. The second kappa shape index (κ2) is 6.36. The van der Waals surface area contributed by atoms with Crippen LogP contribution in [0, 0.1) is 5.82 Å². The Kier molecular flexibility index (Phi) is 5.43. The molecular weight excluding hydrogens is 235 g/mol. The summed E-state index contributed by atoms with van der Waals surface area (Å²) < 4.78 is 12.8. The predicted octanol–water partition coefficient (Wildman–Crippen LogP) is 3.48. The molecule has 0 fully saturated rings. The Bertz CT molecular complexity index is 319. The number of thioether (sulfide) groups is 1. The monoisotopic (exact) mass is 248 g/mol. The van der Waals surface area contributed by atoms with Gasteiger partial charge in [-0.1, -0.05) is 24.6 Å². The molecule has 0 radical (unpaired) electrons. The van der Waals surface area contributed by atoms with Crippen LogP contribution in [0.1, 0.15) is 18.9 Å². The van der Waals surface area contributed by atoms with E-state index in [0.717, 1.165) is 17.7 Å². The lowest BCUT2D eigenvalue weighted by atomic mass is 10.2. The van der Waals surface area contributed by atoms with Crippen LogP contribution in [0.2, 0.25) is 5.02 Å². The summed E-state index contributed by atoms with van der Waals surface area (Å²) in [6, 6.07) is 4.77. The number of hydrogen-bond acceptors (Lipinski definition) is 2. The first-order valence-electron chi connectivity index (χ1n) is 4.80. The minimum atomic E-state index is -0.381. The summed E-state index contributed by atoms with van der Waals surface area (Å²) in [5.41, 5.74) is 1.01. The molecule has 1 nitrogen and oxygen atoms in total. The van der Waals surface area contributed by atoms with Gasteiger partial charge >= 0.3 is 0 Å². The van der Waals surface area contributed by atoms with E-state index in [-0.39, 0.29) is 17.4 Å². The van der Waals surface area contributed by atoms with Crippen molar-refractivity contribution >= 4 is 23.4 Å². The molecule has 1 N–H and O–H groups in total. The van der Waals surface area contributed by atoms with E-state index in [1.807, 2.05) is 0 Å². The summed E-state index contributed by atoms with van der Waals surface area (Å²) in [6.45, 7) is 2.27. The molecule has 1 atom stereocenters. The van der Waals surface area contributed by atoms with E-state index in [0.29, 0.717) is 5.25 Å². The van der Waals surface area contributed by atoms with Crippen molar-refractivity contribution in [2.24, 2.45) is 0 Å². The fraction of sp³-hybridized carbons (Fsp3) is 0.455. The topological polar surface area (TPSA) is 20.2 Å². The van der Waals surface area contributed by atoms with E-state index in [1.54, 1.807) is 23.9 Å². The van der Waals surface area contributed by atoms with Gasteiger partial charge in [-0.15, -0.1) is 0 Å². The Morgan fingerprint density at radius 2 is 2.27 bits per heavy atom. The van der Waals surface area contributed by atoms with Gasteiger partial charge in [-0.05, 0) is 24.1 Å². The number of benzene rings is 1. The summed E-state index contributed by atoms with van der Waals surface area (Å²) in [6.07, 6.45) is 0.777. The minimum absolute atomic E-state index is 0.169. The molecule has 1 aromatic carbocycles. The zero-order valence-electron chi connectivity index (χ0n) is 8.54. The van der Waals surface area contributed by atoms with Crippen LogP contribution in [0.15, 0.2) is 18.2 Å². The van der Waals surface area contributed by atoms with Crippen LogP contribution in [0.3, 0.4) is 0 Å². The maximum Gasteiger partial charge on any atom is 0.141 e. The van der Waals surface area contributed by atoms with E-state index < -0.39 is 0 Å². The van der Waals surface area contributed by atoms with E-state index in [1.165, 1.54) is 6.07 Å². The third-order valence-electron chi connectivity index (χ3n) is 2.05. The zero-order valence-corrected chi connectivity index (χ0v) is 10.1. The Morgan fingerprint density at radius 1 is 1.53 bits per heavy atom. The van der Waals surface area contributed by atoms with E-state index in [4.69, 9.17) is 16.7 Å². The molecule has 1 aromatic rings. The molecule has 1 unspecified atom stereocenters. The van der Waals surface area contributed by atoms with Crippen LogP contribution in [-0.2, 0) is 5.75 Å². The molecule has 4 heteroatoms. The number of aliphatic hydroxyl groups excluding tert-OH is 1. The molecular formula is C11H14ClFOS. The average molecular weight is 249 g/mol. The van der Waals surface area contributed by atoms with Crippen molar-refractivity contribution in [3.8, 4) is 0 Å². The third-order valence-corrected chi connectivity index (χ3v) is 3.65. The highest BCUT2D eigenvalue weighted by molar-refractivity contribution is 7.99. The highest BCUT2D eigenvalue weighted by Crippen LogP contribution is 2.23. The van der Waals surface area contributed by atoms with Crippen molar-refractivity contribution < 1.29 is 9.50 Å². The minimum Gasteiger partial charge on any atom is -0.396 e. The van der Waals surface area contributed by atoms with Gasteiger partial charge < -0.3 is 5.11 Å². The van der Waals surface area contributed by atoms with Gasteiger partial charge in [-0.3, -0.25) is 0 Å². The summed E-state index contributed by atoms with van der Waals surface area (Å²) in [5.74, 6) is 0.412. The van der Waals surface area contributed by atoms with Gasteiger partial charge in [0.05, 0.1) is 5.02 Å². The van der Waals surface area contributed by atoms with E-state index in [2.05, 4.69) is 6.92 Å². The van der Waals surface area contributed by atoms with Crippen molar-refractivity contribution in [2.45, 2.75) is 24.3 Å². The SMILES string of the molecule is CC(CCO)SCc1ccc(F)c(Cl)c1. The normalized spacial score (nSPS) is 12.8. The van der Waals surface area contributed by atoms with Crippen LogP contribution < -0.4 is 0 Å². The molecule has 1 rings (SSSR count). The molecule has 15 heavy (non-hydrogen) atoms. The highest BCUT2D eigenvalue weighted by Gasteiger charge is 2.04. The molecule has 0 aliphatic rings. The number of hydrogen-bond donors (Lipinski definition) is 1. The summed E-state index contributed by atoms with van der Waals surface area (Å²) in [5, 5.41) is 9.30. The maximum atomic E-state index is 12.8. The molecule has 0 aromatic heterocycles. The van der Waals surface area contributed by atoms with Crippen LogP contribution in [0.5, 0.6) is 0 Å². The van der Waals surface area contributed by atoms with Gasteiger partial charge in [-0.25, -0.2) is 4.39 Å². The Labute approximate surface area is 98.6 Å². The van der Waals surface area contributed by atoms with Gasteiger partial charge in [0.15, 0.2) is 0 Å². The van der Waals surface area contributed by atoms with Gasteiger partial charge in [0.25, 0.3) is 0 Å². The molecule has 0 bridgehead atoms. The van der Waals surface area contributed by atoms with E-state index in [9.17, 15) is 4.39 Å². The first kappa shape index (κ1) is 12.8. The number of rotatable bonds is 5.